The van der Waals surface area contributed by atoms with Gasteiger partial charge in [-0.3, -0.25) is 15.1 Å². The first-order valence-corrected chi connectivity index (χ1v) is 13.3. The Morgan fingerprint density at radius 1 is 1.11 bits per heavy atom. The number of rotatable bonds is 6. The van der Waals surface area contributed by atoms with Gasteiger partial charge in [-0.15, -0.1) is 0 Å². The van der Waals surface area contributed by atoms with Crippen LogP contribution >= 0.6 is 0 Å². The van der Waals surface area contributed by atoms with E-state index in [2.05, 4.69) is 35.8 Å². The number of aromatic amines is 1. The molecule has 10 nitrogen and oxygen atoms in total. The summed E-state index contributed by atoms with van der Waals surface area (Å²) in [5, 5.41) is 13.9. The van der Waals surface area contributed by atoms with Crippen molar-refractivity contribution in [3.63, 3.8) is 0 Å². The Balaban J connectivity index is 1.28. The summed E-state index contributed by atoms with van der Waals surface area (Å²) in [6.07, 6.45) is 7.35. The number of H-pyrrole nitrogens is 1. The molecule has 186 valence electrons. The molecule has 2 saturated heterocycles. The highest BCUT2D eigenvalue weighted by Crippen LogP contribution is 2.41. The number of aromatic nitrogens is 5. The van der Waals surface area contributed by atoms with E-state index in [1.165, 1.54) is 6.20 Å². The second-order valence-corrected chi connectivity index (χ2v) is 11.1. The number of nitrogens with one attached hydrogen (secondary N) is 3. The smallest absolute Gasteiger partial charge is 0.245 e. The highest BCUT2D eigenvalue weighted by molar-refractivity contribution is 7.89. The van der Waals surface area contributed by atoms with Crippen LogP contribution < -0.4 is 10.6 Å². The lowest BCUT2D eigenvalue weighted by molar-refractivity contribution is 0.234. The van der Waals surface area contributed by atoms with Crippen molar-refractivity contribution in [2.75, 3.05) is 10.6 Å². The van der Waals surface area contributed by atoms with Crippen molar-refractivity contribution in [3.8, 4) is 0 Å². The van der Waals surface area contributed by atoms with E-state index in [9.17, 15) is 8.42 Å². The summed E-state index contributed by atoms with van der Waals surface area (Å²) < 4.78 is 43.6. The second-order valence-electron chi connectivity index (χ2n) is 9.31. The number of nitrogens with zero attached hydrogens (tertiary/aromatic N) is 5. The number of sulfonamides is 1. The molecule has 4 aromatic heterocycles. The number of hydrogen-bond donors (Lipinski definition) is 3. The van der Waals surface area contributed by atoms with E-state index >= 15 is 4.39 Å². The van der Waals surface area contributed by atoms with Crippen molar-refractivity contribution in [1.29, 1.82) is 0 Å². The Bertz CT molecular complexity index is 1510. The maximum absolute atomic E-state index is 15.3. The van der Waals surface area contributed by atoms with Crippen molar-refractivity contribution >= 4 is 38.4 Å². The van der Waals surface area contributed by atoms with Crippen LogP contribution in [0.25, 0.3) is 10.9 Å². The van der Waals surface area contributed by atoms with Crippen LogP contribution in [0.1, 0.15) is 31.4 Å². The molecule has 2 bridgehead atoms. The molecule has 0 spiro atoms. The van der Waals surface area contributed by atoms with Gasteiger partial charge in [-0.05, 0) is 56.9 Å². The van der Waals surface area contributed by atoms with Gasteiger partial charge in [-0.2, -0.15) is 9.40 Å². The Labute approximate surface area is 207 Å². The Kier molecular flexibility index (Phi) is 5.56. The number of hydrogen-bond acceptors (Lipinski definition) is 8. The predicted octanol–water partition coefficient (Wildman–Crippen LogP) is 3.74. The summed E-state index contributed by atoms with van der Waals surface area (Å²) in [5.74, 6) is 0.415. The van der Waals surface area contributed by atoms with Gasteiger partial charge in [-0.25, -0.2) is 17.8 Å². The number of pyridine rings is 3. The lowest BCUT2D eigenvalue weighted by Crippen LogP contribution is -2.49. The highest BCUT2D eigenvalue weighted by atomic mass is 32.2. The van der Waals surface area contributed by atoms with Crippen LogP contribution in [-0.4, -0.2) is 56.0 Å². The monoisotopic (exact) mass is 508 g/mol. The van der Waals surface area contributed by atoms with Crippen LogP contribution in [0.5, 0.6) is 0 Å². The van der Waals surface area contributed by atoms with Crippen LogP contribution in [0.3, 0.4) is 0 Å². The van der Waals surface area contributed by atoms with Crippen LogP contribution in [0.4, 0.5) is 21.8 Å². The zero-order valence-electron chi connectivity index (χ0n) is 19.5. The standard InChI is InChI=1S/C24H25FN8O2S/c1-14-10-20(32-31-14)29-24-21(25)22-19(5-3-9-27-22)23(30-24)28-15-11-16-6-7-17(12-15)33(16)36(34,35)18-4-2-8-26-13-18/h2-5,8-10,13,15-17H,6-7,11-12H2,1H3,(H3,28,29,30,31,32)/t15?,16-,17+. The van der Waals surface area contributed by atoms with Gasteiger partial charge in [0, 0.05) is 53.9 Å². The molecule has 4 aromatic rings. The van der Waals surface area contributed by atoms with Gasteiger partial charge < -0.3 is 10.6 Å². The van der Waals surface area contributed by atoms with Gasteiger partial charge in [0.1, 0.15) is 16.2 Å². The van der Waals surface area contributed by atoms with E-state index in [-0.39, 0.29) is 34.4 Å². The molecular weight excluding hydrogens is 483 g/mol. The summed E-state index contributed by atoms with van der Waals surface area (Å²) in [6.45, 7) is 1.85. The molecule has 0 amide bonds. The van der Waals surface area contributed by atoms with Crippen molar-refractivity contribution in [2.24, 2.45) is 0 Å². The van der Waals surface area contributed by atoms with Gasteiger partial charge in [0.25, 0.3) is 0 Å². The molecule has 6 heterocycles. The molecule has 3 atom stereocenters. The first-order chi connectivity index (χ1) is 17.4. The van der Waals surface area contributed by atoms with Gasteiger partial charge >= 0.3 is 0 Å². The van der Waals surface area contributed by atoms with E-state index < -0.39 is 15.8 Å². The lowest BCUT2D eigenvalue weighted by atomic mass is 9.99. The fourth-order valence-corrected chi connectivity index (χ4v) is 7.22. The van der Waals surface area contributed by atoms with E-state index in [1.807, 2.05) is 6.92 Å². The minimum absolute atomic E-state index is 0.0229. The first-order valence-electron chi connectivity index (χ1n) is 11.8. The molecule has 0 aliphatic carbocycles. The summed E-state index contributed by atoms with van der Waals surface area (Å²) in [5.41, 5.74) is 1.03. The fourth-order valence-electron chi connectivity index (χ4n) is 5.36. The molecule has 6 rings (SSSR count). The van der Waals surface area contributed by atoms with Crippen LogP contribution in [0.2, 0.25) is 0 Å². The molecule has 0 radical (unpaired) electrons. The fraction of sp³-hybridized carbons (Fsp3) is 0.333. The van der Waals surface area contributed by atoms with E-state index in [4.69, 9.17) is 0 Å². The van der Waals surface area contributed by atoms with Gasteiger partial charge in [0.05, 0.1) is 0 Å². The third-order valence-electron chi connectivity index (χ3n) is 6.87. The predicted molar refractivity (Wildman–Crippen MR) is 133 cm³/mol. The van der Waals surface area contributed by atoms with Crippen molar-refractivity contribution < 1.29 is 12.8 Å². The lowest BCUT2D eigenvalue weighted by Gasteiger charge is -2.38. The van der Waals surface area contributed by atoms with E-state index in [0.717, 1.165) is 18.5 Å². The van der Waals surface area contributed by atoms with Crippen molar-refractivity contribution in [3.05, 3.63) is 60.4 Å². The number of anilines is 3. The normalized spacial score (nSPS) is 22.1. The minimum atomic E-state index is -3.63. The number of halogens is 1. The Morgan fingerprint density at radius 2 is 1.89 bits per heavy atom. The zero-order chi connectivity index (χ0) is 24.9. The molecule has 2 aliphatic rings. The summed E-state index contributed by atoms with van der Waals surface area (Å²) in [7, 11) is -3.63. The summed E-state index contributed by atoms with van der Waals surface area (Å²) in [6, 6.07) is 8.23. The van der Waals surface area contributed by atoms with Gasteiger partial charge in [-0.1, -0.05) is 0 Å². The maximum Gasteiger partial charge on any atom is 0.245 e. The molecule has 3 N–H and O–H groups in total. The molecule has 1 unspecified atom stereocenters. The van der Waals surface area contributed by atoms with Crippen LogP contribution in [0, 0.1) is 12.7 Å². The number of piperidine rings is 1. The van der Waals surface area contributed by atoms with Crippen LogP contribution in [-0.2, 0) is 10.0 Å². The summed E-state index contributed by atoms with van der Waals surface area (Å²) in [4.78, 5) is 13.0. The van der Waals surface area contributed by atoms with Crippen LogP contribution in [0.15, 0.2) is 53.8 Å². The average Bonchev–Trinajstić information content (AvgIpc) is 3.42. The maximum atomic E-state index is 15.3. The van der Waals surface area contributed by atoms with E-state index in [0.29, 0.717) is 29.9 Å². The zero-order valence-corrected chi connectivity index (χ0v) is 20.3. The first kappa shape index (κ1) is 22.8. The van der Waals surface area contributed by atoms with E-state index in [1.54, 1.807) is 47.0 Å². The largest absolute Gasteiger partial charge is 0.367 e. The third kappa shape index (κ3) is 3.95. The second kappa shape index (κ2) is 8.79. The van der Waals surface area contributed by atoms with Crippen molar-refractivity contribution in [1.82, 2.24) is 29.5 Å². The summed E-state index contributed by atoms with van der Waals surface area (Å²) >= 11 is 0. The molecule has 36 heavy (non-hydrogen) atoms. The Morgan fingerprint density at radius 3 is 2.58 bits per heavy atom. The SMILES string of the molecule is Cc1cc(Nc2nc(NC3C[C@H]4CC[C@@H](C3)N4S(=O)(=O)c3cccnc3)c3cccnc3c2F)n[nH]1. The van der Waals surface area contributed by atoms with Gasteiger partial charge in [0.15, 0.2) is 17.5 Å². The molecular formula is C24H25FN8O2S. The van der Waals surface area contributed by atoms with Crippen molar-refractivity contribution in [2.45, 2.75) is 55.6 Å². The molecule has 0 saturated carbocycles. The number of fused-ring (bicyclic) bond motifs is 3. The number of aryl methyl sites for hydroxylation is 1. The third-order valence-corrected chi connectivity index (χ3v) is 8.86. The minimum Gasteiger partial charge on any atom is -0.367 e. The quantitative estimate of drug-likeness (QED) is 0.359. The topological polar surface area (TPSA) is 129 Å². The average molecular weight is 509 g/mol. The molecule has 0 aromatic carbocycles. The highest BCUT2D eigenvalue weighted by Gasteiger charge is 2.47. The molecule has 2 aliphatic heterocycles. The van der Waals surface area contributed by atoms with Gasteiger partial charge in [0.2, 0.25) is 10.0 Å². The Hall–Kier alpha value is -3.64. The molecule has 2 fully saturated rings. The molecule has 12 heteroatoms.